The van der Waals surface area contributed by atoms with Gasteiger partial charge in [0, 0.05) is 31.6 Å². The van der Waals surface area contributed by atoms with Gasteiger partial charge in [-0.2, -0.15) is 17.5 Å². The number of carbonyl (C=O) groups is 2. The molecule has 14 heteroatoms. The third kappa shape index (κ3) is 8.11. The number of carbonyl (C=O) groups excluding carboxylic acids is 2. The van der Waals surface area contributed by atoms with Crippen LogP contribution in [0, 0.1) is 5.92 Å². The first-order valence-electron chi connectivity index (χ1n) is 12.9. The van der Waals surface area contributed by atoms with Gasteiger partial charge in [0.25, 0.3) is 5.91 Å². The van der Waals surface area contributed by atoms with E-state index in [-0.39, 0.29) is 47.5 Å². The number of hydrogen-bond acceptors (Lipinski definition) is 7. The molecule has 2 N–H and O–H groups in total. The molecule has 0 saturated heterocycles. The van der Waals surface area contributed by atoms with E-state index in [0.29, 0.717) is 5.75 Å². The molecule has 0 radical (unpaired) electrons. The van der Waals surface area contributed by atoms with E-state index in [9.17, 15) is 36.3 Å². The molecule has 3 rings (SSSR count). The zero-order valence-electron chi connectivity index (χ0n) is 23.1. The summed E-state index contributed by atoms with van der Waals surface area (Å²) in [6.07, 6.45) is -7.30. The molecule has 0 unspecified atom stereocenters. The maximum absolute atomic E-state index is 13.5. The summed E-state index contributed by atoms with van der Waals surface area (Å²) < 4.78 is 76.5. The Hall–Kier alpha value is -3.36. The third-order valence-corrected chi connectivity index (χ3v) is 8.63. The summed E-state index contributed by atoms with van der Waals surface area (Å²) in [6.45, 7) is 3.12. The van der Waals surface area contributed by atoms with E-state index in [0.717, 1.165) is 4.31 Å². The predicted octanol–water partition coefficient (Wildman–Crippen LogP) is 3.52. The molecule has 2 aromatic carbocycles. The number of sulfonamides is 1. The lowest BCUT2D eigenvalue weighted by molar-refractivity contribution is -0.142. The minimum Gasteiger partial charge on any atom is -0.497 e. The molecule has 10 nitrogen and oxygen atoms in total. The van der Waals surface area contributed by atoms with Crippen molar-refractivity contribution < 1.29 is 45.8 Å². The molecular formula is C27H34F3N3O7S. The first kappa shape index (κ1) is 32.2. The fourth-order valence-corrected chi connectivity index (χ4v) is 5.46. The van der Waals surface area contributed by atoms with Crippen molar-refractivity contribution in [2.45, 2.75) is 49.9 Å². The highest BCUT2D eigenvalue weighted by Crippen LogP contribution is 2.31. The number of anilines is 1. The van der Waals surface area contributed by atoms with Gasteiger partial charge in [-0.15, -0.1) is 0 Å². The van der Waals surface area contributed by atoms with Gasteiger partial charge in [0.1, 0.15) is 17.6 Å². The third-order valence-electron chi connectivity index (χ3n) is 6.79. The summed E-state index contributed by atoms with van der Waals surface area (Å²) in [5, 5.41) is 12.2. The Morgan fingerprint density at radius 2 is 1.90 bits per heavy atom. The monoisotopic (exact) mass is 601 g/mol. The van der Waals surface area contributed by atoms with E-state index in [2.05, 4.69) is 5.32 Å². The van der Waals surface area contributed by atoms with Crippen LogP contribution in [0.4, 0.5) is 18.9 Å². The zero-order chi connectivity index (χ0) is 30.5. The Kier molecular flexibility index (Phi) is 10.3. The van der Waals surface area contributed by atoms with E-state index in [4.69, 9.17) is 9.47 Å². The minimum absolute atomic E-state index is 0.0106. The Labute approximate surface area is 237 Å². The van der Waals surface area contributed by atoms with Gasteiger partial charge in [-0.1, -0.05) is 6.92 Å². The number of aliphatic hydroxyl groups is 1. The van der Waals surface area contributed by atoms with Crippen LogP contribution in [-0.2, 0) is 14.8 Å². The standard InChI is InChI=1S/C27H34F3N3O7S/c1-17-14-33(18(2)16-34)26(36)22-13-19(31-25(35)11-12-27(28,29)30)5-10-23(22)40-24(17)15-32(3)41(37,38)21-8-6-20(39-4)7-9-21/h5-10,13,17-18,24,34H,11-12,14-16H2,1-4H3,(H,31,35)/t17-,18-,24+/m1/s1. The van der Waals surface area contributed by atoms with Crippen LogP contribution >= 0.6 is 0 Å². The molecule has 0 bridgehead atoms. The summed E-state index contributed by atoms with van der Waals surface area (Å²) in [5.41, 5.74) is 0.102. The molecular weight excluding hydrogens is 567 g/mol. The highest BCUT2D eigenvalue weighted by Gasteiger charge is 2.35. The predicted molar refractivity (Wildman–Crippen MR) is 144 cm³/mol. The minimum atomic E-state index is -4.49. The van der Waals surface area contributed by atoms with Gasteiger partial charge in [0.2, 0.25) is 15.9 Å². The van der Waals surface area contributed by atoms with Crippen LogP contribution in [0.25, 0.3) is 0 Å². The second kappa shape index (κ2) is 13.1. The first-order chi connectivity index (χ1) is 19.2. The van der Waals surface area contributed by atoms with E-state index >= 15 is 0 Å². The number of rotatable bonds is 10. The molecule has 0 spiro atoms. The maximum atomic E-state index is 13.5. The van der Waals surface area contributed by atoms with Gasteiger partial charge in [-0.25, -0.2) is 8.42 Å². The average Bonchev–Trinajstić information content (AvgIpc) is 2.93. The van der Waals surface area contributed by atoms with Crippen LogP contribution in [0.5, 0.6) is 11.5 Å². The summed E-state index contributed by atoms with van der Waals surface area (Å²) >= 11 is 0. The number of hydrogen-bond donors (Lipinski definition) is 2. The normalized spacial score (nSPS) is 18.7. The van der Waals surface area contributed by atoms with Crippen molar-refractivity contribution in [3.05, 3.63) is 48.0 Å². The van der Waals surface area contributed by atoms with E-state index in [1.54, 1.807) is 13.8 Å². The molecule has 2 amide bonds. The highest BCUT2D eigenvalue weighted by molar-refractivity contribution is 7.89. The Balaban J connectivity index is 1.90. The molecule has 41 heavy (non-hydrogen) atoms. The Morgan fingerprint density at radius 1 is 1.24 bits per heavy atom. The molecule has 1 heterocycles. The molecule has 0 saturated carbocycles. The number of nitrogens with zero attached hydrogens (tertiary/aromatic N) is 2. The van der Waals surface area contributed by atoms with E-state index in [1.165, 1.54) is 61.5 Å². The van der Waals surface area contributed by atoms with Crippen molar-refractivity contribution in [2.75, 3.05) is 39.2 Å². The fraction of sp³-hybridized carbons (Fsp3) is 0.481. The number of halogens is 3. The molecule has 3 atom stereocenters. The molecule has 0 aliphatic carbocycles. The van der Waals surface area contributed by atoms with Crippen molar-refractivity contribution in [1.29, 1.82) is 0 Å². The van der Waals surface area contributed by atoms with Crippen molar-refractivity contribution in [3.63, 3.8) is 0 Å². The largest absolute Gasteiger partial charge is 0.497 e. The van der Waals surface area contributed by atoms with Gasteiger partial charge >= 0.3 is 6.18 Å². The number of ether oxygens (including phenoxy) is 2. The summed E-state index contributed by atoms with van der Waals surface area (Å²) in [5.74, 6) is -1.17. The lowest BCUT2D eigenvalue weighted by atomic mass is 9.99. The number of aliphatic hydroxyl groups excluding tert-OH is 1. The van der Waals surface area contributed by atoms with Gasteiger partial charge in [-0.3, -0.25) is 9.59 Å². The van der Waals surface area contributed by atoms with Crippen LogP contribution in [0.2, 0.25) is 0 Å². The quantitative estimate of drug-likeness (QED) is 0.427. The summed E-state index contributed by atoms with van der Waals surface area (Å²) in [6, 6.07) is 9.39. The number of methoxy groups -OCH3 is 1. The van der Waals surface area contributed by atoms with E-state index in [1.807, 2.05) is 0 Å². The molecule has 0 fully saturated rings. The highest BCUT2D eigenvalue weighted by atomic mass is 32.2. The SMILES string of the molecule is COc1ccc(S(=O)(=O)N(C)C[C@@H]2Oc3ccc(NC(=O)CCC(F)(F)F)cc3C(=O)N([C@H](C)CO)C[C@H]2C)cc1. The Bertz CT molecular complexity index is 1340. The van der Waals surface area contributed by atoms with Crippen molar-refractivity contribution >= 4 is 27.5 Å². The number of benzene rings is 2. The Morgan fingerprint density at radius 3 is 2.49 bits per heavy atom. The molecule has 0 aromatic heterocycles. The molecule has 1 aliphatic heterocycles. The number of alkyl halides is 3. The molecule has 2 aromatic rings. The summed E-state index contributed by atoms with van der Waals surface area (Å²) in [4.78, 5) is 27.1. The van der Waals surface area contributed by atoms with Crippen molar-refractivity contribution in [2.24, 2.45) is 5.92 Å². The van der Waals surface area contributed by atoms with Crippen LogP contribution in [-0.4, -0.2) is 86.7 Å². The van der Waals surface area contributed by atoms with Crippen LogP contribution in [0.3, 0.4) is 0 Å². The van der Waals surface area contributed by atoms with Crippen molar-refractivity contribution in [1.82, 2.24) is 9.21 Å². The van der Waals surface area contributed by atoms with Crippen molar-refractivity contribution in [3.8, 4) is 11.5 Å². The number of fused-ring (bicyclic) bond motifs is 1. The number of nitrogens with one attached hydrogen (secondary N) is 1. The zero-order valence-corrected chi connectivity index (χ0v) is 24.0. The molecule has 1 aliphatic rings. The van der Waals surface area contributed by atoms with Gasteiger partial charge in [0.05, 0.1) is 43.2 Å². The second-order valence-electron chi connectivity index (χ2n) is 9.96. The number of likely N-dealkylation sites (N-methyl/N-ethyl adjacent to an activating group) is 1. The smallest absolute Gasteiger partial charge is 0.389 e. The van der Waals surface area contributed by atoms with Gasteiger partial charge < -0.3 is 24.8 Å². The fourth-order valence-electron chi connectivity index (χ4n) is 4.28. The second-order valence-corrected chi connectivity index (χ2v) is 12.0. The lowest BCUT2D eigenvalue weighted by Crippen LogP contribution is -2.50. The number of amides is 2. The molecule has 226 valence electrons. The van der Waals surface area contributed by atoms with E-state index < -0.39 is 53.0 Å². The summed E-state index contributed by atoms with van der Waals surface area (Å²) in [7, 11) is -1.04. The van der Waals surface area contributed by atoms with Gasteiger partial charge in [-0.05, 0) is 49.4 Å². The maximum Gasteiger partial charge on any atom is 0.389 e. The van der Waals surface area contributed by atoms with Gasteiger partial charge in [0.15, 0.2) is 0 Å². The van der Waals surface area contributed by atoms with Crippen LogP contribution in [0.1, 0.15) is 37.0 Å². The van der Waals surface area contributed by atoms with Crippen LogP contribution in [0.15, 0.2) is 47.4 Å². The topological polar surface area (TPSA) is 125 Å². The average molecular weight is 602 g/mol. The van der Waals surface area contributed by atoms with Crippen LogP contribution < -0.4 is 14.8 Å². The lowest BCUT2D eigenvalue weighted by Gasteiger charge is -2.38. The first-order valence-corrected chi connectivity index (χ1v) is 14.3.